The third-order valence-electron chi connectivity index (χ3n) is 2.99. The van der Waals surface area contributed by atoms with E-state index in [1.807, 2.05) is 0 Å². The van der Waals surface area contributed by atoms with Gasteiger partial charge in [-0.15, -0.1) is 0 Å². The SMILES string of the molecule is CC(C)c1ccc(CNc2ccc(I)cc2)cc1. The van der Waals surface area contributed by atoms with Crippen molar-refractivity contribution in [1.29, 1.82) is 0 Å². The molecule has 1 N–H and O–H groups in total. The monoisotopic (exact) mass is 351 g/mol. The molecule has 0 aliphatic rings. The highest BCUT2D eigenvalue weighted by molar-refractivity contribution is 14.1. The molecule has 0 fully saturated rings. The zero-order valence-electron chi connectivity index (χ0n) is 10.8. The summed E-state index contributed by atoms with van der Waals surface area (Å²) in [4.78, 5) is 0. The van der Waals surface area contributed by atoms with Crippen LogP contribution >= 0.6 is 22.6 Å². The number of rotatable bonds is 4. The molecule has 0 amide bonds. The van der Waals surface area contributed by atoms with Gasteiger partial charge in [0.1, 0.15) is 0 Å². The van der Waals surface area contributed by atoms with Crippen molar-refractivity contribution < 1.29 is 0 Å². The molecule has 0 spiro atoms. The van der Waals surface area contributed by atoms with Crippen LogP contribution in [0.5, 0.6) is 0 Å². The standard InChI is InChI=1S/C16H18IN/c1-12(2)14-5-3-13(4-6-14)11-18-16-9-7-15(17)8-10-16/h3-10,12,18H,11H2,1-2H3. The van der Waals surface area contributed by atoms with E-state index >= 15 is 0 Å². The van der Waals surface area contributed by atoms with E-state index < -0.39 is 0 Å². The first kappa shape index (κ1) is 13.4. The van der Waals surface area contributed by atoms with E-state index in [4.69, 9.17) is 0 Å². The first-order valence-electron chi connectivity index (χ1n) is 6.23. The van der Waals surface area contributed by atoms with Crippen LogP contribution in [0.1, 0.15) is 30.9 Å². The fraction of sp³-hybridized carbons (Fsp3) is 0.250. The van der Waals surface area contributed by atoms with Crippen LogP contribution in [0.15, 0.2) is 48.5 Å². The Hall–Kier alpha value is -1.03. The topological polar surface area (TPSA) is 12.0 Å². The largest absolute Gasteiger partial charge is 0.381 e. The quantitative estimate of drug-likeness (QED) is 0.762. The summed E-state index contributed by atoms with van der Waals surface area (Å²) < 4.78 is 1.26. The number of benzene rings is 2. The molecule has 0 saturated carbocycles. The van der Waals surface area contributed by atoms with Crippen LogP contribution in [0.3, 0.4) is 0 Å². The van der Waals surface area contributed by atoms with Crippen molar-refractivity contribution in [2.75, 3.05) is 5.32 Å². The van der Waals surface area contributed by atoms with E-state index in [0.717, 1.165) is 6.54 Å². The highest BCUT2D eigenvalue weighted by atomic mass is 127. The molecule has 2 heteroatoms. The maximum Gasteiger partial charge on any atom is 0.0400 e. The molecule has 2 aromatic rings. The van der Waals surface area contributed by atoms with Gasteiger partial charge in [-0.1, -0.05) is 38.1 Å². The fourth-order valence-electron chi connectivity index (χ4n) is 1.79. The second-order valence-electron chi connectivity index (χ2n) is 4.76. The smallest absolute Gasteiger partial charge is 0.0400 e. The summed E-state index contributed by atoms with van der Waals surface area (Å²) in [5.41, 5.74) is 3.88. The summed E-state index contributed by atoms with van der Waals surface area (Å²) in [6.45, 7) is 5.32. The molecular weight excluding hydrogens is 333 g/mol. The van der Waals surface area contributed by atoms with Crippen molar-refractivity contribution in [2.45, 2.75) is 26.3 Å². The number of hydrogen-bond acceptors (Lipinski definition) is 1. The van der Waals surface area contributed by atoms with Crippen LogP contribution in [0.25, 0.3) is 0 Å². The van der Waals surface area contributed by atoms with Gasteiger partial charge in [0.2, 0.25) is 0 Å². The van der Waals surface area contributed by atoms with Crippen molar-refractivity contribution in [1.82, 2.24) is 0 Å². The third kappa shape index (κ3) is 3.73. The lowest BCUT2D eigenvalue weighted by atomic mass is 10.0. The van der Waals surface area contributed by atoms with E-state index in [1.165, 1.54) is 20.4 Å². The number of anilines is 1. The highest BCUT2D eigenvalue weighted by Gasteiger charge is 1.99. The first-order chi connectivity index (χ1) is 8.65. The maximum atomic E-state index is 3.43. The Morgan fingerprint density at radius 2 is 1.56 bits per heavy atom. The van der Waals surface area contributed by atoms with E-state index in [2.05, 4.69) is 90.3 Å². The minimum atomic E-state index is 0.600. The molecular formula is C16H18IN. The van der Waals surface area contributed by atoms with Gasteiger partial charge in [0.15, 0.2) is 0 Å². The van der Waals surface area contributed by atoms with Gasteiger partial charge in [-0.3, -0.25) is 0 Å². The molecule has 0 aromatic heterocycles. The Balaban J connectivity index is 1.95. The summed E-state index contributed by atoms with van der Waals surface area (Å²) in [5.74, 6) is 0.600. The Kier molecular flexibility index (Phi) is 4.64. The van der Waals surface area contributed by atoms with Gasteiger partial charge >= 0.3 is 0 Å². The summed E-state index contributed by atoms with van der Waals surface area (Å²) in [6, 6.07) is 17.3. The number of hydrogen-bond donors (Lipinski definition) is 1. The Morgan fingerprint density at radius 3 is 2.11 bits per heavy atom. The van der Waals surface area contributed by atoms with Crippen LogP contribution in [-0.4, -0.2) is 0 Å². The summed E-state index contributed by atoms with van der Waals surface area (Å²) >= 11 is 2.32. The lowest BCUT2D eigenvalue weighted by molar-refractivity contribution is 0.865. The van der Waals surface area contributed by atoms with Crippen molar-refractivity contribution in [3.63, 3.8) is 0 Å². The van der Waals surface area contributed by atoms with Crippen molar-refractivity contribution >= 4 is 28.3 Å². The zero-order chi connectivity index (χ0) is 13.0. The lowest BCUT2D eigenvalue weighted by Crippen LogP contribution is -1.99. The van der Waals surface area contributed by atoms with E-state index in [-0.39, 0.29) is 0 Å². The predicted octanol–water partition coefficient (Wildman–Crippen LogP) is 5.03. The fourth-order valence-corrected chi connectivity index (χ4v) is 2.15. The minimum absolute atomic E-state index is 0.600. The Morgan fingerprint density at radius 1 is 0.944 bits per heavy atom. The normalized spacial score (nSPS) is 10.7. The molecule has 0 saturated heterocycles. The molecule has 2 aromatic carbocycles. The number of nitrogens with one attached hydrogen (secondary N) is 1. The molecule has 0 radical (unpaired) electrons. The van der Waals surface area contributed by atoms with Crippen LogP contribution in [0.2, 0.25) is 0 Å². The predicted molar refractivity (Wildman–Crippen MR) is 87.0 cm³/mol. The number of halogens is 1. The molecule has 18 heavy (non-hydrogen) atoms. The summed E-state index contributed by atoms with van der Waals surface area (Å²) in [5, 5.41) is 3.43. The van der Waals surface area contributed by atoms with Gasteiger partial charge in [-0.2, -0.15) is 0 Å². The van der Waals surface area contributed by atoms with Gasteiger partial charge in [0.05, 0.1) is 0 Å². The average Bonchev–Trinajstić information content (AvgIpc) is 2.38. The first-order valence-corrected chi connectivity index (χ1v) is 7.31. The molecule has 0 heterocycles. The molecule has 0 aliphatic heterocycles. The molecule has 2 rings (SSSR count). The maximum absolute atomic E-state index is 3.43. The molecule has 1 nitrogen and oxygen atoms in total. The van der Waals surface area contributed by atoms with Crippen LogP contribution in [0.4, 0.5) is 5.69 Å². The summed E-state index contributed by atoms with van der Waals surface area (Å²) in [7, 11) is 0. The lowest BCUT2D eigenvalue weighted by Gasteiger charge is -2.09. The van der Waals surface area contributed by atoms with Gasteiger partial charge in [0, 0.05) is 15.8 Å². The van der Waals surface area contributed by atoms with Crippen LogP contribution in [-0.2, 0) is 6.54 Å². The highest BCUT2D eigenvalue weighted by Crippen LogP contribution is 2.16. The minimum Gasteiger partial charge on any atom is -0.381 e. The molecule has 0 bridgehead atoms. The van der Waals surface area contributed by atoms with Gasteiger partial charge < -0.3 is 5.32 Å². The molecule has 94 valence electrons. The summed E-state index contributed by atoms with van der Waals surface area (Å²) in [6.07, 6.45) is 0. The third-order valence-corrected chi connectivity index (χ3v) is 3.71. The Labute approximate surface area is 123 Å². The van der Waals surface area contributed by atoms with Crippen LogP contribution < -0.4 is 5.32 Å². The van der Waals surface area contributed by atoms with E-state index in [0.29, 0.717) is 5.92 Å². The van der Waals surface area contributed by atoms with E-state index in [1.54, 1.807) is 0 Å². The molecule has 0 aliphatic carbocycles. The molecule has 0 atom stereocenters. The molecule has 0 unspecified atom stereocenters. The zero-order valence-corrected chi connectivity index (χ0v) is 12.9. The van der Waals surface area contributed by atoms with Crippen molar-refractivity contribution in [3.8, 4) is 0 Å². The van der Waals surface area contributed by atoms with Crippen molar-refractivity contribution in [3.05, 3.63) is 63.2 Å². The second kappa shape index (κ2) is 6.23. The van der Waals surface area contributed by atoms with E-state index in [9.17, 15) is 0 Å². The second-order valence-corrected chi connectivity index (χ2v) is 6.00. The van der Waals surface area contributed by atoms with Gasteiger partial charge in [-0.05, 0) is 63.9 Å². The Bertz CT molecular complexity index is 486. The van der Waals surface area contributed by atoms with Gasteiger partial charge in [-0.25, -0.2) is 0 Å². The average molecular weight is 351 g/mol. The van der Waals surface area contributed by atoms with Crippen LogP contribution in [0, 0.1) is 3.57 Å². The van der Waals surface area contributed by atoms with Crippen molar-refractivity contribution in [2.24, 2.45) is 0 Å². The van der Waals surface area contributed by atoms with Gasteiger partial charge in [0.25, 0.3) is 0 Å².